The van der Waals surface area contributed by atoms with E-state index >= 15 is 0 Å². The molecule has 2 unspecified atom stereocenters. The first-order valence-electron chi connectivity index (χ1n) is 4.52. The third-order valence-corrected chi connectivity index (χ3v) is 2.25. The summed E-state index contributed by atoms with van der Waals surface area (Å²) in [5, 5.41) is 0. The molecule has 0 radical (unpaired) electrons. The summed E-state index contributed by atoms with van der Waals surface area (Å²) in [6.07, 6.45) is 7.65. The maximum absolute atomic E-state index is 5.59. The van der Waals surface area contributed by atoms with Crippen molar-refractivity contribution in [1.82, 2.24) is 0 Å². The Morgan fingerprint density at radius 2 is 2.00 bits per heavy atom. The fraction of sp³-hybridized carbons (Fsp3) is 1.00. The van der Waals surface area contributed by atoms with Crippen molar-refractivity contribution in [3.8, 4) is 0 Å². The minimum atomic E-state index is 0.599. The summed E-state index contributed by atoms with van der Waals surface area (Å²) in [6, 6.07) is 0. The predicted molar refractivity (Wildman–Crippen MR) is 43.1 cm³/mol. The van der Waals surface area contributed by atoms with E-state index in [1.54, 1.807) is 0 Å². The van der Waals surface area contributed by atoms with Crippen LogP contribution in [0.15, 0.2) is 0 Å². The van der Waals surface area contributed by atoms with Crippen LogP contribution in [0.25, 0.3) is 0 Å². The van der Waals surface area contributed by atoms with Gasteiger partial charge in [0.15, 0.2) is 0 Å². The van der Waals surface area contributed by atoms with Crippen molar-refractivity contribution in [2.24, 2.45) is 0 Å². The molecule has 0 N–H and O–H groups in total. The summed E-state index contributed by atoms with van der Waals surface area (Å²) in [5.74, 6) is 0. The molecule has 0 bridgehead atoms. The quantitative estimate of drug-likeness (QED) is 0.586. The zero-order valence-electron chi connectivity index (χ0n) is 7.10. The topological polar surface area (TPSA) is 9.23 Å². The average molecular weight is 142 g/mol. The molecule has 1 rings (SSSR count). The van der Waals surface area contributed by atoms with Gasteiger partial charge in [-0.15, -0.1) is 0 Å². The van der Waals surface area contributed by atoms with Crippen molar-refractivity contribution < 1.29 is 4.74 Å². The van der Waals surface area contributed by atoms with Crippen LogP contribution in [0.4, 0.5) is 0 Å². The minimum Gasteiger partial charge on any atom is -0.375 e. The summed E-state index contributed by atoms with van der Waals surface area (Å²) in [6.45, 7) is 4.43. The van der Waals surface area contributed by atoms with Gasteiger partial charge >= 0.3 is 0 Å². The van der Waals surface area contributed by atoms with Crippen LogP contribution in [0, 0.1) is 0 Å². The van der Waals surface area contributed by atoms with Gasteiger partial charge in [-0.2, -0.15) is 0 Å². The number of unbranched alkanes of at least 4 members (excludes halogenated alkanes) is 1. The molecule has 2 atom stereocenters. The lowest BCUT2D eigenvalue weighted by Gasteiger charge is -2.35. The molecule has 0 aromatic carbocycles. The molecule has 0 saturated carbocycles. The van der Waals surface area contributed by atoms with Crippen molar-refractivity contribution in [1.29, 1.82) is 0 Å². The van der Waals surface area contributed by atoms with Crippen LogP contribution in [0.2, 0.25) is 0 Å². The predicted octanol–water partition coefficient (Wildman–Crippen LogP) is 2.74. The van der Waals surface area contributed by atoms with E-state index in [2.05, 4.69) is 13.8 Å². The van der Waals surface area contributed by atoms with Gasteiger partial charge in [0.1, 0.15) is 0 Å². The average Bonchev–Trinajstić information content (AvgIpc) is 1.86. The number of hydrogen-bond donors (Lipinski definition) is 0. The zero-order chi connectivity index (χ0) is 7.40. The SMILES string of the molecule is CCCCC1CC(CC)O1. The molecule has 60 valence electrons. The van der Waals surface area contributed by atoms with Gasteiger partial charge in [-0.3, -0.25) is 0 Å². The summed E-state index contributed by atoms with van der Waals surface area (Å²) >= 11 is 0. The summed E-state index contributed by atoms with van der Waals surface area (Å²) in [5.41, 5.74) is 0. The van der Waals surface area contributed by atoms with Crippen LogP contribution in [0.5, 0.6) is 0 Å². The first kappa shape index (κ1) is 8.06. The highest BCUT2D eigenvalue weighted by Crippen LogP contribution is 2.26. The van der Waals surface area contributed by atoms with E-state index in [-0.39, 0.29) is 0 Å². The summed E-state index contributed by atoms with van der Waals surface area (Å²) in [7, 11) is 0. The summed E-state index contributed by atoms with van der Waals surface area (Å²) in [4.78, 5) is 0. The molecule has 1 fully saturated rings. The summed E-state index contributed by atoms with van der Waals surface area (Å²) < 4.78 is 5.59. The molecule has 0 spiro atoms. The van der Waals surface area contributed by atoms with E-state index in [9.17, 15) is 0 Å². The number of ether oxygens (including phenoxy) is 1. The second kappa shape index (κ2) is 3.97. The fourth-order valence-corrected chi connectivity index (χ4v) is 1.43. The van der Waals surface area contributed by atoms with Gasteiger partial charge in [-0.1, -0.05) is 26.7 Å². The van der Waals surface area contributed by atoms with Crippen molar-refractivity contribution in [3.63, 3.8) is 0 Å². The highest BCUT2D eigenvalue weighted by atomic mass is 16.5. The van der Waals surface area contributed by atoms with E-state index in [0.29, 0.717) is 12.2 Å². The van der Waals surface area contributed by atoms with Gasteiger partial charge < -0.3 is 4.74 Å². The van der Waals surface area contributed by atoms with Gasteiger partial charge in [-0.25, -0.2) is 0 Å². The molecule has 0 amide bonds. The minimum absolute atomic E-state index is 0.599. The van der Waals surface area contributed by atoms with Crippen LogP contribution in [-0.4, -0.2) is 12.2 Å². The lowest BCUT2D eigenvalue weighted by Crippen LogP contribution is -2.36. The Hall–Kier alpha value is -0.0400. The van der Waals surface area contributed by atoms with Crippen LogP contribution in [-0.2, 0) is 4.74 Å². The maximum atomic E-state index is 5.59. The molecular formula is C9H18O. The monoisotopic (exact) mass is 142 g/mol. The molecule has 1 saturated heterocycles. The Kier molecular flexibility index (Phi) is 3.20. The van der Waals surface area contributed by atoms with Crippen molar-refractivity contribution in [3.05, 3.63) is 0 Å². The first-order valence-corrected chi connectivity index (χ1v) is 4.52. The first-order chi connectivity index (χ1) is 4.86. The van der Waals surface area contributed by atoms with Gasteiger partial charge in [0.25, 0.3) is 0 Å². The largest absolute Gasteiger partial charge is 0.375 e. The smallest absolute Gasteiger partial charge is 0.0603 e. The Bertz CT molecular complexity index is 82.0. The fourth-order valence-electron chi connectivity index (χ4n) is 1.43. The third-order valence-electron chi connectivity index (χ3n) is 2.25. The van der Waals surface area contributed by atoms with Gasteiger partial charge in [0.2, 0.25) is 0 Å². The normalized spacial score (nSPS) is 31.8. The second-order valence-electron chi connectivity index (χ2n) is 3.17. The number of hydrogen-bond acceptors (Lipinski definition) is 1. The van der Waals surface area contributed by atoms with Gasteiger partial charge in [0.05, 0.1) is 12.2 Å². The van der Waals surface area contributed by atoms with Crippen LogP contribution in [0.1, 0.15) is 46.0 Å². The van der Waals surface area contributed by atoms with Crippen molar-refractivity contribution in [2.75, 3.05) is 0 Å². The maximum Gasteiger partial charge on any atom is 0.0603 e. The molecule has 1 aliphatic heterocycles. The highest BCUT2D eigenvalue weighted by Gasteiger charge is 2.27. The Morgan fingerprint density at radius 1 is 1.30 bits per heavy atom. The molecular weight excluding hydrogens is 124 g/mol. The Balaban J connectivity index is 1.93. The van der Waals surface area contributed by atoms with E-state index in [0.717, 1.165) is 0 Å². The van der Waals surface area contributed by atoms with E-state index < -0.39 is 0 Å². The highest BCUT2D eigenvalue weighted by molar-refractivity contribution is 4.75. The van der Waals surface area contributed by atoms with Gasteiger partial charge in [-0.05, 0) is 19.3 Å². The zero-order valence-corrected chi connectivity index (χ0v) is 7.10. The van der Waals surface area contributed by atoms with Crippen molar-refractivity contribution in [2.45, 2.75) is 58.2 Å². The third kappa shape index (κ3) is 1.98. The van der Waals surface area contributed by atoms with Crippen molar-refractivity contribution >= 4 is 0 Å². The number of rotatable bonds is 4. The molecule has 0 aromatic heterocycles. The molecule has 0 aromatic rings. The Morgan fingerprint density at radius 3 is 2.50 bits per heavy atom. The molecule has 1 heteroatoms. The second-order valence-corrected chi connectivity index (χ2v) is 3.17. The van der Waals surface area contributed by atoms with E-state index in [1.807, 2.05) is 0 Å². The van der Waals surface area contributed by atoms with E-state index in [1.165, 1.54) is 32.1 Å². The van der Waals surface area contributed by atoms with Crippen LogP contribution in [0.3, 0.4) is 0 Å². The lowest BCUT2D eigenvalue weighted by atomic mass is 9.98. The lowest BCUT2D eigenvalue weighted by molar-refractivity contribution is -0.128. The molecule has 1 heterocycles. The molecule has 0 aliphatic carbocycles. The standard InChI is InChI=1S/C9H18O/c1-3-5-6-9-7-8(4-2)10-9/h8-9H,3-7H2,1-2H3. The molecule has 1 nitrogen and oxygen atoms in total. The van der Waals surface area contributed by atoms with E-state index in [4.69, 9.17) is 4.74 Å². The van der Waals surface area contributed by atoms with Crippen LogP contribution < -0.4 is 0 Å². The Labute approximate surface area is 63.8 Å². The molecule has 1 aliphatic rings. The molecule has 10 heavy (non-hydrogen) atoms. The van der Waals surface area contributed by atoms with Crippen LogP contribution >= 0.6 is 0 Å². The van der Waals surface area contributed by atoms with Gasteiger partial charge in [0, 0.05) is 0 Å².